The number of carbonyl (C=O) groups is 1. The molecule has 0 atom stereocenters. The Hall–Kier alpha value is -0.153. The van der Waals surface area contributed by atoms with Gasteiger partial charge in [0.05, 0.1) is 0 Å². The molecular formula is CH5NaO7Si. The summed E-state index contributed by atoms with van der Waals surface area (Å²) < 4.78 is 8.74. The van der Waals surface area contributed by atoms with Crippen LogP contribution in [0.15, 0.2) is 0 Å². The van der Waals surface area contributed by atoms with Crippen LogP contribution < -0.4 is 0 Å². The van der Waals surface area contributed by atoms with Crippen molar-refractivity contribution in [2.24, 2.45) is 0 Å². The van der Waals surface area contributed by atoms with Crippen LogP contribution in [0.5, 0.6) is 0 Å². The van der Waals surface area contributed by atoms with Crippen LogP contribution in [0.25, 0.3) is 0 Å². The van der Waals surface area contributed by atoms with Gasteiger partial charge in [0, 0.05) is 0 Å². The van der Waals surface area contributed by atoms with E-state index in [0.29, 0.717) is 0 Å². The Labute approximate surface area is 79.0 Å². The summed E-state index contributed by atoms with van der Waals surface area (Å²) in [7, 11) is -3.13. The summed E-state index contributed by atoms with van der Waals surface area (Å²) in [6.45, 7) is 0. The van der Waals surface area contributed by atoms with E-state index >= 15 is 0 Å². The van der Waals surface area contributed by atoms with Crippen molar-refractivity contribution in [3.05, 3.63) is 0 Å². The van der Waals surface area contributed by atoms with Gasteiger partial charge < -0.3 is 14.7 Å². The van der Waals surface area contributed by atoms with Gasteiger partial charge in [0.25, 0.3) is 0 Å². The molecule has 0 unspecified atom stereocenters. The molecule has 0 aliphatic rings. The van der Waals surface area contributed by atoms with E-state index in [4.69, 9.17) is 29.2 Å². The van der Waals surface area contributed by atoms with Crippen LogP contribution in [-0.2, 0) is 9.35 Å². The van der Waals surface area contributed by atoms with Gasteiger partial charge in [0.15, 0.2) is 0 Å². The molecule has 0 aliphatic carbocycles. The zero-order valence-electron chi connectivity index (χ0n) is 4.01. The van der Waals surface area contributed by atoms with Gasteiger partial charge >= 0.3 is 44.9 Å². The Bertz CT molecular complexity index is 97.8. The molecule has 0 saturated carbocycles. The van der Waals surface area contributed by atoms with Crippen molar-refractivity contribution in [1.29, 1.82) is 0 Å². The zero-order chi connectivity index (χ0) is 7.86. The number of hydrogen-bond donors (Lipinski definition) is 4. The topological polar surface area (TPSA) is 124 Å². The Balaban J connectivity index is -0.0000000910. The van der Waals surface area contributed by atoms with E-state index in [2.05, 4.69) is 4.89 Å². The number of hydrogen-bond acceptors (Lipinski definition) is 4. The second-order valence-corrected chi connectivity index (χ2v) is 1.20. The van der Waals surface area contributed by atoms with Crippen LogP contribution in [0.4, 0.5) is 4.79 Å². The third-order valence-electron chi connectivity index (χ3n) is 0.0781. The minimum atomic E-state index is -3.13. The predicted molar refractivity (Wildman–Crippen MR) is 29.8 cm³/mol. The van der Waals surface area contributed by atoms with E-state index < -0.39 is 15.3 Å². The Morgan fingerprint density at radius 1 is 1.40 bits per heavy atom. The Morgan fingerprint density at radius 2 is 1.50 bits per heavy atom. The molecule has 4 N–H and O–H groups in total. The van der Waals surface area contributed by atoms with Crippen LogP contribution in [0.2, 0.25) is 0 Å². The van der Waals surface area contributed by atoms with Gasteiger partial charge in [-0.1, -0.05) is 0 Å². The van der Waals surface area contributed by atoms with Gasteiger partial charge in [0.1, 0.15) is 0 Å². The maximum absolute atomic E-state index is 8.90. The molecule has 10 heavy (non-hydrogen) atoms. The van der Waals surface area contributed by atoms with Crippen molar-refractivity contribution >= 4 is 44.9 Å². The zero-order valence-corrected chi connectivity index (χ0v) is 5.01. The third kappa shape index (κ3) is 108. The van der Waals surface area contributed by atoms with Crippen molar-refractivity contribution in [1.82, 2.24) is 0 Å². The SMILES string of the molecule is O=C(O)OO.O=[Si](O)O.[NaH]. The molecule has 0 aromatic rings. The van der Waals surface area contributed by atoms with E-state index in [-0.39, 0.29) is 29.6 Å². The van der Waals surface area contributed by atoms with E-state index in [9.17, 15) is 0 Å². The molecule has 56 valence electrons. The molecule has 0 aromatic carbocycles. The third-order valence-corrected chi connectivity index (χ3v) is 0.0781. The number of carboxylic acid groups (broad SMARTS) is 1. The fourth-order valence-electron chi connectivity index (χ4n) is 0. The van der Waals surface area contributed by atoms with Gasteiger partial charge in [-0.2, -0.15) is 5.26 Å². The molecule has 0 amide bonds. The second kappa shape index (κ2) is 11.6. The summed E-state index contributed by atoms with van der Waals surface area (Å²) in [4.78, 5) is 25.9. The summed E-state index contributed by atoms with van der Waals surface area (Å²) in [5.41, 5.74) is 0. The average Bonchev–Trinajstić information content (AvgIpc) is 1.65. The van der Waals surface area contributed by atoms with Crippen molar-refractivity contribution in [2.75, 3.05) is 0 Å². The van der Waals surface area contributed by atoms with Gasteiger partial charge in [0.2, 0.25) is 0 Å². The van der Waals surface area contributed by atoms with Gasteiger partial charge in [-0.15, -0.1) is 0 Å². The molecule has 0 spiro atoms. The molecule has 0 saturated heterocycles. The summed E-state index contributed by atoms with van der Waals surface area (Å²) in [6.07, 6.45) is -1.69. The second-order valence-electron chi connectivity index (χ2n) is 0.640. The molecular weight excluding hydrogens is 175 g/mol. The van der Waals surface area contributed by atoms with Crippen LogP contribution in [-0.4, -0.2) is 64.8 Å². The van der Waals surface area contributed by atoms with Crippen LogP contribution in [0.1, 0.15) is 0 Å². The van der Waals surface area contributed by atoms with E-state index in [1.54, 1.807) is 0 Å². The van der Waals surface area contributed by atoms with Crippen LogP contribution in [0.3, 0.4) is 0 Å². The molecule has 9 heteroatoms. The van der Waals surface area contributed by atoms with Gasteiger partial charge in [-0.3, -0.25) is 9.35 Å². The summed E-state index contributed by atoms with van der Waals surface area (Å²) in [6, 6.07) is 0. The standard InChI is InChI=1S/CH2O4.Na.H2O3Si.H/c2-1(3)5-4;;1-4(2)3;/h4H,(H,2,3);;1-2H;. The molecule has 0 heterocycles. The molecule has 0 aromatic heterocycles. The molecule has 0 radical (unpaired) electrons. The minimum absolute atomic E-state index is 0. The summed E-state index contributed by atoms with van der Waals surface area (Å²) >= 11 is 0. The van der Waals surface area contributed by atoms with Crippen molar-refractivity contribution in [3.8, 4) is 0 Å². The molecule has 0 rings (SSSR count). The quantitative estimate of drug-likeness (QED) is 0.191. The van der Waals surface area contributed by atoms with E-state index in [1.807, 2.05) is 0 Å². The van der Waals surface area contributed by atoms with Crippen LogP contribution >= 0.6 is 0 Å². The van der Waals surface area contributed by atoms with Gasteiger partial charge in [-0.25, -0.2) is 4.79 Å². The summed E-state index contributed by atoms with van der Waals surface area (Å²) in [5, 5.41) is 14.3. The first-order chi connectivity index (χ1) is 4.00. The van der Waals surface area contributed by atoms with Crippen molar-refractivity contribution < 1.29 is 34.1 Å². The fraction of sp³-hybridized carbons (Fsp3) is 0. The summed E-state index contributed by atoms with van der Waals surface area (Å²) in [5.74, 6) is 0. The van der Waals surface area contributed by atoms with E-state index in [0.717, 1.165) is 0 Å². The Morgan fingerprint density at radius 3 is 1.50 bits per heavy atom. The maximum atomic E-state index is 8.90. The van der Waals surface area contributed by atoms with Crippen molar-refractivity contribution in [3.63, 3.8) is 0 Å². The molecule has 7 nitrogen and oxygen atoms in total. The first-order valence-electron chi connectivity index (χ1n) is 1.47. The Kier molecular flexibility index (Phi) is 19.1. The molecule has 0 bridgehead atoms. The van der Waals surface area contributed by atoms with E-state index in [1.165, 1.54) is 0 Å². The molecule has 0 fully saturated rings. The van der Waals surface area contributed by atoms with Gasteiger partial charge in [-0.05, 0) is 0 Å². The average molecular weight is 180 g/mol. The molecule has 0 aliphatic heterocycles. The van der Waals surface area contributed by atoms with Crippen molar-refractivity contribution in [2.45, 2.75) is 0 Å². The first kappa shape index (κ1) is 16.4. The fourth-order valence-corrected chi connectivity index (χ4v) is 0. The normalized spacial score (nSPS) is 5.70. The number of rotatable bonds is 0. The van der Waals surface area contributed by atoms with Crippen LogP contribution in [0, 0.1) is 0 Å². The monoisotopic (exact) mass is 180 g/mol. The first-order valence-corrected chi connectivity index (χ1v) is 2.77. The predicted octanol–water partition coefficient (Wildman–Crippen LogP) is -2.11.